The maximum Gasteiger partial charge on any atom is 0.225 e. The van der Waals surface area contributed by atoms with Gasteiger partial charge in [-0.05, 0) is 35.6 Å². The highest BCUT2D eigenvalue weighted by atomic mass is 127. The number of hydrogen-bond acceptors (Lipinski definition) is 4. The van der Waals surface area contributed by atoms with Crippen LogP contribution in [0.2, 0.25) is 0 Å². The molecule has 2 aromatic heterocycles. The quantitative estimate of drug-likeness (QED) is 0.834. The topological polar surface area (TPSA) is 71.0 Å². The minimum Gasteiger partial charge on any atom is -0.480 e. The van der Waals surface area contributed by atoms with E-state index in [1.54, 1.807) is 13.3 Å². The highest BCUT2D eigenvalue weighted by molar-refractivity contribution is 14.1. The largest absolute Gasteiger partial charge is 0.480 e. The fourth-order valence-corrected chi connectivity index (χ4v) is 2.21. The normalized spacial score (nSPS) is 10.6. The summed E-state index contributed by atoms with van der Waals surface area (Å²) in [4.78, 5) is 11.6. The first-order valence-electron chi connectivity index (χ1n) is 5.02. The lowest BCUT2D eigenvalue weighted by molar-refractivity contribution is 0.276. The van der Waals surface area contributed by atoms with E-state index in [0.29, 0.717) is 17.4 Å². The van der Waals surface area contributed by atoms with Crippen LogP contribution in [0.5, 0.6) is 5.88 Å². The number of ether oxygens (including phenoxy) is 1. The van der Waals surface area contributed by atoms with E-state index in [0.717, 1.165) is 14.8 Å². The summed E-state index contributed by atoms with van der Waals surface area (Å²) in [6.45, 7) is 1.79. The summed E-state index contributed by atoms with van der Waals surface area (Å²) in [6.07, 6.45) is 1.69. The second kappa shape index (κ2) is 5.01. The molecule has 0 bridgehead atoms. The van der Waals surface area contributed by atoms with Gasteiger partial charge in [0.1, 0.15) is 5.82 Å². The Morgan fingerprint density at radius 1 is 1.53 bits per heavy atom. The average Bonchev–Trinajstić information content (AvgIpc) is 2.69. The monoisotopic (exact) mass is 345 g/mol. The van der Waals surface area contributed by atoms with Gasteiger partial charge < -0.3 is 14.8 Å². The third kappa shape index (κ3) is 2.27. The van der Waals surface area contributed by atoms with Crippen LogP contribution in [0.15, 0.2) is 12.3 Å². The molecule has 0 saturated heterocycles. The maximum absolute atomic E-state index is 9.15. The number of aryl methyl sites for hydroxylation is 1. The molecule has 0 unspecified atom stereocenters. The molecule has 2 heterocycles. The standard InChI is InChI=1S/C11H12IN3O2/c1-6-8(5-16)15-10(14-6)9-7(12)3-4-13-11(9)17-2/h3-4,16H,5H2,1-2H3,(H,14,15). The molecule has 0 aromatic carbocycles. The van der Waals surface area contributed by atoms with Crippen LogP contribution in [0.3, 0.4) is 0 Å². The van der Waals surface area contributed by atoms with Crippen molar-refractivity contribution in [2.24, 2.45) is 0 Å². The summed E-state index contributed by atoms with van der Waals surface area (Å²) in [5.74, 6) is 1.19. The van der Waals surface area contributed by atoms with E-state index in [4.69, 9.17) is 9.84 Å². The van der Waals surface area contributed by atoms with E-state index in [-0.39, 0.29) is 6.61 Å². The summed E-state index contributed by atoms with van der Waals surface area (Å²) < 4.78 is 6.22. The number of pyridine rings is 1. The van der Waals surface area contributed by atoms with Crippen LogP contribution in [-0.4, -0.2) is 27.2 Å². The Balaban J connectivity index is 2.59. The lowest BCUT2D eigenvalue weighted by atomic mass is 10.2. The second-order valence-electron chi connectivity index (χ2n) is 3.48. The zero-order valence-corrected chi connectivity index (χ0v) is 11.6. The van der Waals surface area contributed by atoms with Crippen LogP contribution < -0.4 is 4.74 Å². The molecule has 0 amide bonds. The molecule has 0 atom stereocenters. The van der Waals surface area contributed by atoms with Crippen molar-refractivity contribution >= 4 is 22.6 Å². The van der Waals surface area contributed by atoms with Gasteiger partial charge in [0.2, 0.25) is 5.88 Å². The van der Waals surface area contributed by atoms with Gasteiger partial charge in [0.25, 0.3) is 0 Å². The van der Waals surface area contributed by atoms with Crippen LogP contribution in [0, 0.1) is 10.5 Å². The van der Waals surface area contributed by atoms with Crippen LogP contribution in [-0.2, 0) is 6.61 Å². The molecule has 0 aliphatic carbocycles. The Morgan fingerprint density at radius 3 is 2.88 bits per heavy atom. The molecule has 0 saturated carbocycles. The Morgan fingerprint density at radius 2 is 2.29 bits per heavy atom. The Kier molecular flexibility index (Phi) is 3.63. The number of nitrogens with zero attached hydrogens (tertiary/aromatic N) is 2. The van der Waals surface area contributed by atoms with Crippen molar-refractivity contribution in [3.63, 3.8) is 0 Å². The van der Waals surface area contributed by atoms with E-state index in [1.165, 1.54) is 0 Å². The van der Waals surface area contributed by atoms with Crippen molar-refractivity contribution in [3.8, 4) is 17.3 Å². The molecule has 5 nitrogen and oxygen atoms in total. The number of rotatable bonds is 3. The average molecular weight is 345 g/mol. The van der Waals surface area contributed by atoms with Gasteiger partial charge in [-0.25, -0.2) is 9.97 Å². The second-order valence-corrected chi connectivity index (χ2v) is 4.65. The number of aromatic amines is 1. The van der Waals surface area contributed by atoms with Gasteiger partial charge in [-0.3, -0.25) is 0 Å². The third-order valence-corrected chi connectivity index (χ3v) is 3.34. The number of imidazole rings is 1. The summed E-state index contributed by atoms with van der Waals surface area (Å²) >= 11 is 2.20. The van der Waals surface area contributed by atoms with Crippen molar-refractivity contribution in [1.29, 1.82) is 0 Å². The van der Waals surface area contributed by atoms with E-state index in [1.807, 2.05) is 13.0 Å². The zero-order valence-electron chi connectivity index (χ0n) is 9.49. The van der Waals surface area contributed by atoms with E-state index in [2.05, 4.69) is 37.5 Å². The molecule has 2 N–H and O–H groups in total. The first kappa shape index (κ1) is 12.3. The third-order valence-electron chi connectivity index (χ3n) is 2.44. The van der Waals surface area contributed by atoms with Crippen LogP contribution in [0.1, 0.15) is 11.4 Å². The van der Waals surface area contributed by atoms with Gasteiger partial charge in [-0.2, -0.15) is 0 Å². The van der Waals surface area contributed by atoms with E-state index in [9.17, 15) is 0 Å². The fourth-order valence-electron chi connectivity index (χ4n) is 1.56. The molecule has 2 aromatic rings. The lowest BCUT2D eigenvalue weighted by Crippen LogP contribution is -1.95. The Labute approximate surface area is 112 Å². The van der Waals surface area contributed by atoms with Crippen molar-refractivity contribution in [2.75, 3.05) is 7.11 Å². The Bertz CT molecular complexity index is 540. The number of methoxy groups -OCH3 is 1. The van der Waals surface area contributed by atoms with Crippen LogP contribution in [0.4, 0.5) is 0 Å². The minimum absolute atomic E-state index is 0.0575. The number of hydrogen-bond donors (Lipinski definition) is 2. The molecular weight excluding hydrogens is 333 g/mol. The van der Waals surface area contributed by atoms with E-state index < -0.39 is 0 Å². The van der Waals surface area contributed by atoms with Gasteiger partial charge in [-0.1, -0.05) is 0 Å². The number of H-pyrrole nitrogens is 1. The summed E-state index contributed by atoms with van der Waals surface area (Å²) in [7, 11) is 1.57. The molecule has 0 aliphatic rings. The van der Waals surface area contributed by atoms with Crippen molar-refractivity contribution in [2.45, 2.75) is 13.5 Å². The lowest BCUT2D eigenvalue weighted by Gasteiger charge is -2.06. The van der Waals surface area contributed by atoms with Gasteiger partial charge in [0.15, 0.2) is 0 Å². The van der Waals surface area contributed by atoms with Gasteiger partial charge in [0, 0.05) is 9.77 Å². The molecule has 90 valence electrons. The Hall–Kier alpha value is -1.15. The maximum atomic E-state index is 9.15. The first-order chi connectivity index (χ1) is 8.17. The van der Waals surface area contributed by atoms with Crippen LogP contribution in [0.25, 0.3) is 11.4 Å². The number of aromatic nitrogens is 3. The molecule has 17 heavy (non-hydrogen) atoms. The van der Waals surface area contributed by atoms with Crippen molar-refractivity contribution in [3.05, 3.63) is 27.2 Å². The van der Waals surface area contributed by atoms with Crippen molar-refractivity contribution < 1.29 is 9.84 Å². The molecule has 2 rings (SSSR count). The molecule has 0 aliphatic heterocycles. The summed E-state index contributed by atoms with van der Waals surface area (Å²) in [5, 5.41) is 9.15. The fraction of sp³-hybridized carbons (Fsp3) is 0.273. The predicted octanol–water partition coefficient (Wildman–Crippen LogP) is 1.89. The molecule has 6 heteroatoms. The minimum atomic E-state index is -0.0575. The zero-order chi connectivity index (χ0) is 12.4. The number of nitrogens with one attached hydrogen (secondary N) is 1. The number of halogens is 1. The van der Waals surface area contributed by atoms with Gasteiger partial charge >= 0.3 is 0 Å². The number of aliphatic hydroxyl groups is 1. The highest BCUT2D eigenvalue weighted by Crippen LogP contribution is 2.30. The predicted molar refractivity (Wildman–Crippen MR) is 71.7 cm³/mol. The molecule has 0 spiro atoms. The summed E-state index contributed by atoms with van der Waals surface area (Å²) in [6, 6.07) is 1.88. The van der Waals surface area contributed by atoms with Gasteiger partial charge in [0.05, 0.1) is 30.7 Å². The van der Waals surface area contributed by atoms with Crippen molar-refractivity contribution in [1.82, 2.24) is 15.0 Å². The molecular formula is C11H12IN3O2. The molecule has 0 fully saturated rings. The highest BCUT2D eigenvalue weighted by Gasteiger charge is 2.16. The summed E-state index contributed by atoms with van der Waals surface area (Å²) in [5.41, 5.74) is 2.31. The van der Waals surface area contributed by atoms with Crippen LogP contribution >= 0.6 is 22.6 Å². The molecule has 0 radical (unpaired) electrons. The first-order valence-corrected chi connectivity index (χ1v) is 6.10. The van der Waals surface area contributed by atoms with E-state index >= 15 is 0 Å². The number of aliphatic hydroxyl groups excluding tert-OH is 1. The van der Waals surface area contributed by atoms with Gasteiger partial charge in [-0.15, -0.1) is 0 Å². The smallest absolute Gasteiger partial charge is 0.225 e. The SMILES string of the molecule is COc1nccc(I)c1-c1nc(C)c(CO)[nH]1.